The summed E-state index contributed by atoms with van der Waals surface area (Å²) < 4.78 is 11.6. The van der Waals surface area contributed by atoms with Crippen LogP contribution in [0.2, 0.25) is 0 Å². The SMILES string of the molecule is O=C(O)c1ccc(CCc2nc3cccc(-c4nc5c(C(=O)OCC(O)c6ccccc6)cccc5[nH]4)c3o2)cc1. The van der Waals surface area contributed by atoms with E-state index in [0.717, 1.165) is 5.56 Å². The first-order valence-corrected chi connectivity index (χ1v) is 13.1. The van der Waals surface area contributed by atoms with E-state index < -0.39 is 18.0 Å². The Kier molecular flexibility index (Phi) is 7.01. The van der Waals surface area contributed by atoms with Gasteiger partial charge >= 0.3 is 11.9 Å². The van der Waals surface area contributed by atoms with Crippen molar-refractivity contribution in [3.05, 3.63) is 119 Å². The van der Waals surface area contributed by atoms with E-state index in [1.54, 1.807) is 48.5 Å². The lowest BCUT2D eigenvalue weighted by atomic mass is 10.1. The molecule has 0 amide bonds. The zero-order chi connectivity index (χ0) is 28.3. The molecule has 6 rings (SSSR count). The molecular weight excluding hydrogens is 522 g/mol. The molecule has 6 aromatic rings. The van der Waals surface area contributed by atoms with Gasteiger partial charge in [0.1, 0.15) is 29.6 Å². The largest absolute Gasteiger partial charge is 0.478 e. The van der Waals surface area contributed by atoms with Crippen molar-refractivity contribution in [3.63, 3.8) is 0 Å². The van der Waals surface area contributed by atoms with Crippen LogP contribution in [0.4, 0.5) is 0 Å². The van der Waals surface area contributed by atoms with Crippen LogP contribution in [0.25, 0.3) is 33.5 Å². The fraction of sp³-hybridized carbons (Fsp3) is 0.125. The van der Waals surface area contributed by atoms with Gasteiger partial charge in [-0.25, -0.2) is 19.6 Å². The third kappa shape index (κ3) is 5.43. The molecule has 0 spiro atoms. The van der Waals surface area contributed by atoms with E-state index in [1.807, 2.05) is 42.5 Å². The quantitative estimate of drug-likeness (QED) is 0.195. The number of nitrogens with zero attached hydrogens (tertiary/aromatic N) is 2. The lowest BCUT2D eigenvalue weighted by Gasteiger charge is -2.11. The van der Waals surface area contributed by atoms with Gasteiger partial charge in [0.25, 0.3) is 0 Å². The Morgan fingerprint density at radius 2 is 1.66 bits per heavy atom. The third-order valence-corrected chi connectivity index (χ3v) is 6.83. The van der Waals surface area contributed by atoms with Crippen molar-refractivity contribution >= 4 is 34.1 Å². The van der Waals surface area contributed by atoms with E-state index in [2.05, 4.69) is 9.97 Å². The summed E-state index contributed by atoms with van der Waals surface area (Å²) in [6.45, 7) is -0.180. The Morgan fingerprint density at radius 3 is 2.44 bits per heavy atom. The van der Waals surface area contributed by atoms with Crippen LogP contribution in [-0.2, 0) is 17.6 Å². The fourth-order valence-corrected chi connectivity index (χ4v) is 4.68. The molecule has 0 saturated carbocycles. The molecule has 0 aliphatic heterocycles. The smallest absolute Gasteiger partial charge is 0.340 e. The number of carbonyl (C=O) groups excluding carboxylic acids is 1. The van der Waals surface area contributed by atoms with Gasteiger partial charge in [0.2, 0.25) is 0 Å². The zero-order valence-corrected chi connectivity index (χ0v) is 21.8. The van der Waals surface area contributed by atoms with E-state index in [9.17, 15) is 14.7 Å². The number of fused-ring (bicyclic) bond motifs is 2. The number of oxazole rings is 1. The molecule has 41 heavy (non-hydrogen) atoms. The van der Waals surface area contributed by atoms with Crippen molar-refractivity contribution in [1.29, 1.82) is 0 Å². The minimum atomic E-state index is -0.959. The second-order valence-electron chi connectivity index (χ2n) is 9.58. The average Bonchev–Trinajstić information content (AvgIpc) is 3.63. The molecule has 0 bridgehead atoms. The molecule has 0 fully saturated rings. The highest BCUT2D eigenvalue weighted by molar-refractivity contribution is 6.03. The average molecular weight is 548 g/mol. The molecule has 9 nitrogen and oxygen atoms in total. The molecule has 4 aromatic carbocycles. The number of ether oxygens (including phenoxy) is 1. The summed E-state index contributed by atoms with van der Waals surface area (Å²) in [7, 11) is 0. The van der Waals surface area contributed by atoms with Gasteiger partial charge in [0, 0.05) is 6.42 Å². The molecule has 2 aromatic heterocycles. The molecule has 2 heterocycles. The van der Waals surface area contributed by atoms with Crippen LogP contribution >= 0.6 is 0 Å². The zero-order valence-electron chi connectivity index (χ0n) is 21.8. The number of aromatic carboxylic acids is 1. The van der Waals surface area contributed by atoms with E-state index in [4.69, 9.17) is 19.2 Å². The van der Waals surface area contributed by atoms with Crippen LogP contribution in [0.3, 0.4) is 0 Å². The van der Waals surface area contributed by atoms with E-state index >= 15 is 0 Å². The molecule has 9 heteroatoms. The van der Waals surface area contributed by atoms with Crippen molar-refractivity contribution in [1.82, 2.24) is 15.0 Å². The van der Waals surface area contributed by atoms with Gasteiger partial charge in [-0.1, -0.05) is 54.6 Å². The standard InChI is InChI=1S/C32H25N3O6/c36-26(20-6-2-1-3-7-20)18-40-32(39)22-8-4-10-24-28(22)35-30(34-24)23-9-5-11-25-29(23)41-27(33-25)17-14-19-12-15-21(16-13-19)31(37)38/h1-13,15-16,26,36H,14,17-18H2,(H,34,35)(H,37,38). The Bertz CT molecular complexity index is 1860. The number of aromatic nitrogens is 3. The number of hydrogen-bond donors (Lipinski definition) is 3. The molecule has 0 saturated heterocycles. The van der Waals surface area contributed by atoms with Crippen LogP contribution in [0.1, 0.15) is 43.8 Å². The maximum atomic E-state index is 13.0. The summed E-state index contributed by atoms with van der Waals surface area (Å²) in [5.41, 5.74) is 5.20. The van der Waals surface area contributed by atoms with Crippen molar-refractivity contribution in [2.45, 2.75) is 18.9 Å². The first-order valence-electron chi connectivity index (χ1n) is 13.1. The van der Waals surface area contributed by atoms with Crippen molar-refractivity contribution in [2.24, 2.45) is 0 Å². The maximum absolute atomic E-state index is 13.0. The Balaban J connectivity index is 1.22. The Hall–Kier alpha value is -5.28. The number of hydrogen-bond acceptors (Lipinski definition) is 7. The minimum Gasteiger partial charge on any atom is -0.478 e. The molecular formula is C32H25N3O6. The topological polar surface area (TPSA) is 139 Å². The number of H-pyrrole nitrogens is 1. The first-order chi connectivity index (χ1) is 20.0. The molecule has 3 N–H and O–H groups in total. The van der Waals surface area contributed by atoms with E-state index in [-0.39, 0.29) is 17.7 Å². The number of aryl methyl sites for hydroxylation is 2. The summed E-state index contributed by atoms with van der Waals surface area (Å²) in [4.78, 5) is 36.6. The molecule has 1 atom stereocenters. The van der Waals surface area contributed by atoms with Gasteiger partial charge in [-0.3, -0.25) is 0 Å². The number of rotatable bonds is 9. The van der Waals surface area contributed by atoms with Gasteiger partial charge in [-0.15, -0.1) is 0 Å². The lowest BCUT2D eigenvalue weighted by molar-refractivity contribution is 0.0255. The monoisotopic (exact) mass is 547 g/mol. The number of benzene rings is 4. The normalized spacial score (nSPS) is 12.0. The Morgan fingerprint density at radius 1 is 0.878 bits per heavy atom. The number of carboxylic acids is 1. The van der Waals surface area contributed by atoms with Crippen LogP contribution in [0.5, 0.6) is 0 Å². The fourth-order valence-electron chi connectivity index (χ4n) is 4.68. The predicted molar refractivity (Wildman–Crippen MR) is 152 cm³/mol. The molecule has 204 valence electrons. The second-order valence-corrected chi connectivity index (χ2v) is 9.58. The summed E-state index contributed by atoms with van der Waals surface area (Å²) in [5.74, 6) is -0.478. The maximum Gasteiger partial charge on any atom is 0.340 e. The molecule has 0 radical (unpaired) electrons. The minimum absolute atomic E-state index is 0.180. The number of aliphatic hydroxyl groups excluding tert-OH is 1. The summed E-state index contributed by atoms with van der Waals surface area (Å²) in [6.07, 6.45) is 0.235. The lowest BCUT2D eigenvalue weighted by Crippen LogP contribution is -2.13. The highest BCUT2D eigenvalue weighted by Crippen LogP contribution is 2.30. The van der Waals surface area contributed by atoms with Crippen LogP contribution in [0, 0.1) is 0 Å². The van der Waals surface area contributed by atoms with Crippen LogP contribution < -0.4 is 0 Å². The number of esters is 1. The molecule has 0 aliphatic carbocycles. The molecule has 0 aliphatic rings. The van der Waals surface area contributed by atoms with Crippen molar-refractivity contribution in [3.8, 4) is 11.4 Å². The van der Waals surface area contributed by atoms with Gasteiger partial charge in [0.05, 0.1) is 22.2 Å². The van der Waals surface area contributed by atoms with Crippen molar-refractivity contribution in [2.75, 3.05) is 6.61 Å². The van der Waals surface area contributed by atoms with Gasteiger partial charge in [0.15, 0.2) is 11.5 Å². The Labute approximate surface area is 234 Å². The molecule has 1 unspecified atom stereocenters. The van der Waals surface area contributed by atoms with Gasteiger partial charge < -0.3 is 24.4 Å². The summed E-state index contributed by atoms with van der Waals surface area (Å²) in [6, 6.07) is 26.5. The number of aromatic amines is 1. The van der Waals surface area contributed by atoms with Gasteiger partial charge in [-0.05, 0) is 53.9 Å². The van der Waals surface area contributed by atoms with Crippen molar-refractivity contribution < 1.29 is 29.0 Å². The second kappa shape index (κ2) is 11.1. The van der Waals surface area contributed by atoms with Gasteiger partial charge in [-0.2, -0.15) is 0 Å². The number of carboxylic acid groups (broad SMARTS) is 1. The number of imidazole rings is 1. The van der Waals surface area contributed by atoms with E-state index in [0.29, 0.717) is 57.8 Å². The van der Waals surface area contributed by atoms with E-state index in [1.165, 1.54) is 0 Å². The first kappa shape index (κ1) is 26.0. The number of carbonyl (C=O) groups is 2. The third-order valence-electron chi connectivity index (χ3n) is 6.83. The highest BCUT2D eigenvalue weighted by atomic mass is 16.5. The highest BCUT2D eigenvalue weighted by Gasteiger charge is 2.20. The number of aliphatic hydroxyl groups is 1. The summed E-state index contributed by atoms with van der Waals surface area (Å²) >= 11 is 0. The predicted octanol–water partition coefficient (Wildman–Crippen LogP) is 5.74. The number of para-hydroxylation sites is 2. The van der Waals surface area contributed by atoms with Crippen LogP contribution in [0.15, 0.2) is 95.4 Å². The van der Waals surface area contributed by atoms with Crippen LogP contribution in [-0.4, -0.2) is 43.7 Å². The number of nitrogens with one attached hydrogen (secondary N) is 1. The summed E-state index contributed by atoms with van der Waals surface area (Å²) in [5, 5.41) is 19.5.